The van der Waals surface area contributed by atoms with Crippen LogP contribution in [0.5, 0.6) is 5.75 Å². The summed E-state index contributed by atoms with van der Waals surface area (Å²) in [4.78, 5) is 39.5. The predicted octanol–water partition coefficient (Wildman–Crippen LogP) is 6.53. The minimum Gasteiger partial charge on any atom is -0.492 e. The minimum atomic E-state index is -0.453. The number of thioether (sulfide) groups is 1. The maximum absolute atomic E-state index is 13.3. The molecule has 0 aliphatic carbocycles. The first-order valence-corrected chi connectivity index (χ1v) is 14.1. The van der Waals surface area contributed by atoms with Crippen LogP contribution in [0.25, 0.3) is 6.08 Å². The molecule has 0 aromatic heterocycles. The fourth-order valence-corrected chi connectivity index (χ4v) is 4.56. The van der Waals surface area contributed by atoms with Gasteiger partial charge in [-0.05, 0) is 79.6 Å². The average Bonchev–Trinajstić information content (AvgIpc) is 2.99. The molecule has 7 nitrogen and oxygen atoms in total. The maximum atomic E-state index is 13.3. The monoisotopic (exact) mass is 565 g/mol. The quantitative estimate of drug-likeness (QED) is 0.142. The van der Waals surface area contributed by atoms with Gasteiger partial charge in [-0.3, -0.25) is 14.4 Å². The van der Waals surface area contributed by atoms with Crippen molar-refractivity contribution in [1.29, 1.82) is 0 Å². The van der Waals surface area contributed by atoms with E-state index in [1.54, 1.807) is 48.5 Å². The number of nitrogens with one attached hydrogen (secondary N) is 3. The summed E-state index contributed by atoms with van der Waals surface area (Å²) in [7, 11) is 0. The SMILES string of the molecule is CCOc1ccccc1NC(=O)CSc1ccc(NC(=O)/C(=C/c2ccccc2C)NC(=O)c2ccccc2)cc1. The summed E-state index contributed by atoms with van der Waals surface area (Å²) in [6.45, 7) is 4.34. The van der Waals surface area contributed by atoms with E-state index < -0.39 is 5.91 Å². The van der Waals surface area contributed by atoms with Crippen molar-refractivity contribution in [3.05, 3.63) is 126 Å². The zero-order valence-electron chi connectivity index (χ0n) is 22.8. The van der Waals surface area contributed by atoms with Crippen molar-refractivity contribution in [3.8, 4) is 5.75 Å². The van der Waals surface area contributed by atoms with Crippen LogP contribution in [0.1, 0.15) is 28.4 Å². The molecule has 41 heavy (non-hydrogen) atoms. The van der Waals surface area contributed by atoms with Crippen molar-refractivity contribution in [1.82, 2.24) is 5.32 Å². The second-order valence-electron chi connectivity index (χ2n) is 8.98. The summed E-state index contributed by atoms with van der Waals surface area (Å²) in [5, 5.41) is 8.50. The van der Waals surface area contributed by atoms with E-state index in [0.717, 1.165) is 16.0 Å². The van der Waals surface area contributed by atoms with Crippen LogP contribution < -0.4 is 20.7 Å². The third kappa shape index (κ3) is 8.58. The number of ether oxygens (including phenoxy) is 1. The highest BCUT2D eigenvalue weighted by Gasteiger charge is 2.16. The Morgan fingerprint density at radius 3 is 2.22 bits per heavy atom. The first-order chi connectivity index (χ1) is 19.9. The van der Waals surface area contributed by atoms with E-state index >= 15 is 0 Å². The highest BCUT2D eigenvalue weighted by molar-refractivity contribution is 8.00. The summed E-state index contributed by atoms with van der Waals surface area (Å²) >= 11 is 1.38. The van der Waals surface area contributed by atoms with E-state index in [1.165, 1.54) is 11.8 Å². The molecule has 0 aliphatic rings. The van der Waals surface area contributed by atoms with Gasteiger partial charge in [0.2, 0.25) is 5.91 Å². The van der Waals surface area contributed by atoms with Crippen molar-refractivity contribution in [2.75, 3.05) is 23.0 Å². The molecule has 4 rings (SSSR count). The molecule has 3 N–H and O–H groups in total. The number of hydrogen-bond donors (Lipinski definition) is 3. The topological polar surface area (TPSA) is 96.5 Å². The zero-order chi connectivity index (χ0) is 29.0. The highest BCUT2D eigenvalue weighted by atomic mass is 32.2. The fourth-order valence-electron chi connectivity index (χ4n) is 3.87. The maximum Gasteiger partial charge on any atom is 0.272 e. The van der Waals surface area contributed by atoms with Gasteiger partial charge in [0, 0.05) is 16.1 Å². The molecule has 3 amide bonds. The first-order valence-electron chi connectivity index (χ1n) is 13.1. The molecule has 4 aromatic carbocycles. The lowest BCUT2D eigenvalue weighted by Gasteiger charge is -2.13. The Bertz CT molecular complexity index is 1540. The standard InChI is InChI=1S/C33H31N3O4S/c1-3-40-30-16-10-9-15-28(30)35-31(37)22-41-27-19-17-26(18-20-27)34-33(39)29(21-25-14-8-7-11-23(25)2)36-32(38)24-12-5-4-6-13-24/h4-21H,3,22H2,1-2H3,(H,34,39)(H,35,37)(H,36,38)/b29-21-. The zero-order valence-corrected chi connectivity index (χ0v) is 23.7. The molecular formula is C33H31N3O4S. The molecule has 0 saturated carbocycles. The molecule has 208 valence electrons. The van der Waals surface area contributed by atoms with Gasteiger partial charge in [0.1, 0.15) is 11.4 Å². The molecule has 0 bridgehead atoms. The molecule has 0 fully saturated rings. The molecule has 0 atom stereocenters. The Labute approximate surface area is 244 Å². The molecule has 0 aliphatic heterocycles. The molecule has 0 heterocycles. The van der Waals surface area contributed by atoms with E-state index in [2.05, 4.69) is 16.0 Å². The fraction of sp³-hybridized carbons (Fsp3) is 0.121. The second kappa shape index (κ2) is 14.5. The molecule has 0 spiro atoms. The summed E-state index contributed by atoms with van der Waals surface area (Å²) in [6.07, 6.45) is 1.66. The van der Waals surface area contributed by atoms with Crippen molar-refractivity contribution in [2.45, 2.75) is 18.7 Å². The Hall–Kier alpha value is -4.82. The number of benzene rings is 4. The van der Waals surface area contributed by atoms with Crippen LogP contribution in [0.4, 0.5) is 11.4 Å². The number of hydrogen-bond acceptors (Lipinski definition) is 5. The lowest BCUT2D eigenvalue weighted by atomic mass is 10.1. The van der Waals surface area contributed by atoms with Crippen molar-refractivity contribution in [3.63, 3.8) is 0 Å². The van der Waals surface area contributed by atoms with Crippen molar-refractivity contribution in [2.24, 2.45) is 0 Å². The molecule has 0 radical (unpaired) electrons. The van der Waals surface area contributed by atoms with Crippen molar-refractivity contribution < 1.29 is 19.1 Å². The highest BCUT2D eigenvalue weighted by Crippen LogP contribution is 2.25. The van der Waals surface area contributed by atoms with Crippen LogP contribution in [-0.4, -0.2) is 30.1 Å². The second-order valence-corrected chi connectivity index (χ2v) is 10.0. The Balaban J connectivity index is 1.40. The Kier molecular flexibility index (Phi) is 10.3. The van der Waals surface area contributed by atoms with E-state index in [9.17, 15) is 14.4 Å². The summed E-state index contributed by atoms with van der Waals surface area (Å²) in [5.74, 6) is -0.148. The van der Waals surface area contributed by atoms with Gasteiger partial charge in [-0.2, -0.15) is 0 Å². The molecule has 0 unspecified atom stereocenters. The number of carbonyl (C=O) groups excluding carboxylic acids is 3. The van der Waals surface area contributed by atoms with Gasteiger partial charge in [-0.25, -0.2) is 0 Å². The number of rotatable bonds is 11. The molecule has 0 saturated heterocycles. The summed E-state index contributed by atoms with van der Waals surface area (Å²) in [6, 6.07) is 30.8. The van der Waals surface area contributed by atoms with Gasteiger partial charge in [0.25, 0.3) is 11.8 Å². The number of anilines is 2. The Morgan fingerprint density at radius 2 is 1.49 bits per heavy atom. The van der Waals surface area contributed by atoms with Gasteiger partial charge in [0.05, 0.1) is 18.0 Å². The lowest BCUT2D eigenvalue weighted by Crippen LogP contribution is -2.30. The van der Waals surface area contributed by atoms with E-state index in [4.69, 9.17) is 4.74 Å². The molecule has 4 aromatic rings. The predicted molar refractivity (Wildman–Crippen MR) is 165 cm³/mol. The van der Waals surface area contributed by atoms with Gasteiger partial charge in [-0.1, -0.05) is 54.6 Å². The summed E-state index contributed by atoms with van der Waals surface area (Å²) in [5.41, 5.74) is 3.54. The average molecular weight is 566 g/mol. The van der Waals surface area contributed by atoms with Crippen LogP contribution in [0, 0.1) is 6.92 Å². The number of para-hydroxylation sites is 2. The van der Waals surface area contributed by atoms with Gasteiger partial charge >= 0.3 is 0 Å². The third-order valence-electron chi connectivity index (χ3n) is 5.96. The third-order valence-corrected chi connectivity index (χ3v) is 6.97. The molecule has 8 heteroatoms. The smallest absolute Gasteiger partial charge is 0.272 e. The largest absolute Gasteiger partial charge is 0.492 e. The van der Waals surface area contributed by atoms with Crippen LogP contribution in [0.3, 0.4) is 0 Å². The lowest BCUT2D eigenvalue weighted by molar-refractivity contribution is -0.114. The van der Waals surface area contributed by atoms with Gasteiger partial charge in [-0.15, -0.1) is 11.8 Å². The number of amides is 3. The van der Waals surface area contributed by atoms with Crippen LogP contribution in [0.2, 0.25) is 0 Å². The number of carbonyl (C=O) groups is 3. The molecular weight excluding hydrogens is 534 g/mol. The van der Waals surface area contributed by atoms with E-state index in [-0.39, 0.29) is 23.3 Å². The Morgan fingerprint density at radius 1 is 0.805 bits per heavy atom. The van der Waals surface area contributed by atoms with Gasteiger partial charge in [0.15, 0.2) is 0 Å². The van der Waals surface area contributed by atoms with E-state index in [0.29, 0.717) is 29.3 Å². The minimum absolute atomic E-state index is 0.121. The first kappa shape index (κ1) is 29.2. The van der Waals surface area contributed by atoms with Crippen LogP contribution in [0.15, 0.2) is 114 Å². The van der Waals surface area contributed by atoms with Crippen molar-refractivity contribution >= 4 is 46.9 Å². The van der Waals surface area contributed by atoms with Gasteiger partial charge < -0.3 is 20.7 Å². The van der Waals surface area contributed by atoms with Crippen LogP contribution in [-0.2, 0) is 9.59 Å². The number of aryl methyl sites for hydroxylation is 1. The van der Waals surface area contributed by atoms with E-state index in [1.807, 2.05) is 74.5 Å². The summed E-state index contributed by atoms with van der Waals surface area (Å²) < 4.78 is 5.56. The van der Waals surface area contributed by atoms with Crippen LogP contribution >= 0.6 is 11.8 Å². The normalized spacial score (nSPS) is 10.9.